The minimum atomic E-state index is -0.747. The molecule has 0 aliphatic rings. The van der Waals surface area contributed by atoms with E-state index in [-0.39, 0.29) is 5.92 Å². The summed E-state index contributed by atoms with van der Waals surface area (Å²) in [6, 6.07) is 8.32. The second-order valence-corrected chi connectivity index (χ2v) is 5.65. The second-order valence-electron chi connectivity index (χ2n) is 5.65. The first kappa shape index (κ1) is 17.5. The third-order valence-corrected chi connectivity index (χ3v) is 3.81. The Hall–Kier alpha value is -1.55. The first-order valence-corrected chi connectivity index (χ1v) is 7.60. The van der Waals surface area contributed by atoms with E-state index >= 15 is 0 Å². The van der Waals surface area contributed by atoms with Crippen LogP contribution in [0.3, 0.4) is 0 Å². The Bertz CT molecular complexity index is 430. The third-order valence-electron chi connectivity index (χ3n) is 3.81. The fourth-order valence-electron chi connectivity index (χ4n) is 2.09. The zero-order chi connectivity index (χ0) is 15.8. The summed E-state index contributed by atoms with van der Waals surface area (Å²) in [5.74, 6) is -0.253. The number of benzene rings is 1. The van der Waals surface area contributed by atoms with Crippen LogP contribution in [-0.4, -0.2) is 41.7 Å². The van der Waals surface area contributed by atoms with Crippen LogP contribution >= 0.6 is 0 Å². The van der Waals surface area contributed by atoms with Gasteiger partial charge in [-0.25, -0.2) is 0 Å². The van der Waals surface area contributed by atoms with Crippen molar-refractivity contribution in [1.29, 1.82) is 0 Å². The molecule has 21 heavy (non-hydrogen) atoms. The molecule has 0 bridgehead atoms. The zero-order valence-corrected chi connectivity index (χ0v) is 13.5. The minimum Gasteiger partial charge on any atom is -0.492 e. The number of aliphatic carboxylic acids is 1. The summed E-state index contributed by atoms with van der Waals surface area (Å²) in [5.41, 5.74) is 1.21. The molecule has 1 rings (SSSR count). The average molecular weight is 293 g/mol. The van der Waals surface area contributed by atoms with Gasteiger partial charge in [0.15, 0.2) is 0 Å². The molecule has 4 heteroatoms. The number of carboxylic acids is 1. The molecule has 0 saturated carbocycles. The van der Waals surface area contributed by atoms with E-state index in [0.29, 0.717) is 19.2 Å². The van der Waals surface area contributed by atoms with Crippen molar-refractivity contribution < 1.29 is 14.6 Å². The van der Waals surface area contributed by atoms with E-state index in [9.17, 15) is 4.79 Å². The fraction of sp³-hybridized carbons (Fsp3) is 0.588. The summed E-state index contributed by atoms with van der Waals surface area (Å²) >= 11 is 0. The number of hydrogen-bond acceptors (Lipinski definition) is 3. The van der Waals surface area contributed by atoms with Crippen molar-refractivity contribution in [3.63, 3.8) is 0 Å². The molecule has 118 valence electrons. The lowest BCUT2D eigenvalue weighted by atomic mass is 10.1. The maximum atomic E-state index is 11.0. The summed E-state index contributed by atoms with van der Waals surface area (Å²) in [5, 5.41) is 9.06. The lowest BCUT2D eigenvalue weighted by Crippen LogP contribution is -2.40. The second kappa shape index (κ2) is 8.67. The zero-order valence-electron chi connectivity index (χ0n) is 13.5. The highest BCUT2D eigenvalue weighted by atomic mass is 16.5. The van der Waals surface area contributed by atoms with Crippen molar-refractivity contribution in [3.05, 3.63) is 29.8 Å². The van der Waals surface area contributed by atoms with Gasteiger partial charge in [-0.3, -0.25) is 9.69 Å². The van der Waals surface area contributed by atoms with Crippen LogP contribution in [0.5, 0.6) is 5.75 Å². The maximum absolute atomic E-state index is 11.0. The monoisotopic (exact) mass is 293 g/mol. The van der Waals surface area contributed by atoms with E-state index in [2.05, 4.69) is 18.7 Å². The Kier molecular flexibility index (Phi) is 7.23. The van der Waals surface area contributed by atoms with Crippen molar-refractivity contribution in [1.82, 2.24) is 4.90 Å². The molecule has 0 aliphatic carbocycles. The summed E-state index contributed by atoms with van der Waals surface area (Å²) < 4.78 is 5.74. The van der Waals surface area contributed by atoms with Gasteiger partial charge in [0.1, 0.15) is 12.4 Å². The SMILES string of the molecule is CCC(C)N(CCOc1ccc(C)cc1)CC(C)C(=O)O. The van der Waals surface area contributed by atoms with E-state index in [1.807, 2.05) is 31.2 Å². The van der Waals surface area contributed by atoms with Crippen LogP contribution in [0, 0.1) is 12.8 Å². The van der Waals surface area contributed by atoms with Crippen molar-refractivity contribution in [2.24, 2.45) is 5.92 Å². The minimum absolute atomic E-state index is 0.355. The molecule has 0 amide bonds. The molecular weight excluding hydrogens is 266 g/mol. The Labute approximate surface area is 127 Å². The van der Waals surface area contributed by atoms with Gasteiger partial charge in [0, 0.05) is 19.1 Å². The van der Waals surface area contributed by atoms with Crippen LogP contribution in [-0.2, 0) is 4.79 Å². The molecule has 2 atom stereocenters. The molecule has 1 N–H and O–H groups in total. The molecule has 1 aromatic carbocycles. The smallest absolute Gasteiger partial charge is 0.307 e. The molecule has 0 heterocycles. The van der Waals surface area contributed by atoms with E-state index in [1.165, 1.54) is 5.56 Å². The molecule has 0 saturated heterocycles. The highest BCUT2D eigenvalue weighted by molar-refractivity contribution is 5.69. The normalized spacial score (nSPS) is 14.0. The van der Waals surface area contributed by atoms with Gasteiger partial charge in [-0.1, -0.05) is 31.5 Å². The molecule has 0 spiro atoms. The van der Waals surface area contributed by atoms with Gasteiger partial charge in [-0.05, 0) is 32.4 Å². The Morgan fingerprint density at radius 2 is 1.90 bits per heavy atom. The standard InChI is InChI=1S/C17H27NO3/c1-5-15(4)18(12-14(3)17(19)20)10-11-21-16-8-6-13(2)7-9-16/h6-9,14-15H,5,10-12H2,1-4H3,(H,19,20). The van der Waals surface area contributed by atoms with Crippen molar-refractivity contribution in [2.45, 2.75) is 40.2 Å². The molecule has 0 aliphatic heterocycles. The van der Waals surface area contributed by atoms with Crippen LogP contribution in [0.1, 0.15) is 32.8 Å². The topological polar surface area (TPSA) is 49.8 Å². The van der Waals surface area contributed by atoms with Crippen LogP contribution in [0.25, 0.3) is 0 Å². The first-order chi connectivity index (χ1) is 9.93. The van der Waals surface area contributed by atoms with E-state index in [4.69, 9.17) is 9.84 Å². The van der Waals surface area contributed by atoms with Gasteiger partial charge in [0.25, 0.3) is 0 Å². The molecule has 0 fully saturated rings. The molecule has 0 aromatic heterocycles. The summed E-state index contributed by atoms with van der Waals surface area (Å²) in [6.07, 6.45) is 0.997. The molecule has 0 radical (unpaired) electrons. The van der Waals surface area contributed by atoms with Gasteiger partial charge in [-0.15, -0.1) is 0 Å². The third kappa shape index (κ3) is 6.17. The quantitative estimate of drug-likeness (QED) is 0.759. The summed E-state index contributed by atoms with van der Waals surface area (Å²) in [7, 11) is 0. The van der Waals surface area contributed by atoms with E-state index in [1.54, 1.807) is 6.92 Å². The first-order valence-electron chi connectivity index (χ1n) is 7.60. The molecule has 2 unspecified atom stereocenters. The lowest BCUT2D eigenvalue weighted by molar-refractivity contribution is -0.142. The number of ether oxygens (including phenoxy) is 1. The van der Waals surface area contributed by atoms with Gasteiger partial charge >= 0.3 is 5.97 Å². The Morgan fingerprint density at radius 3 is 2.43 bits per heavy atom. The number of carboxylic acid groups (broad SMARTS) is 1. The van der Waals surface area contributed by atoms with E-state index in [0.717, 1.165) is 18.7 Å². The van der Waals surface area contributed by atoms with Crippen LogP contribution in [0.4, 0.5) is 0 Å². The highest BCUT2D eigenvalue weighted by Crippen LogP contribution is 2.12. The predicted molar refractivity (Wildman–Crippen MR) is 84.8 cm³/mol. The summed E-state index contributed by atoms with van der Waals surface area (Å²) in [6.45, 7) is 9.90. The van der Waals surface area contributed by atoms with Crippen LogP contribution < -0.4 is 4.74 Å². The van der Waals surface area contributed by atoms with Crippen molar-refractivity contribution in [2.75, 3.05) is 19.7 Å². The van der Waals surface area contributed by atoms with Gasteiger partial charge in [0.05, 0.1) is 5.92 Å². The van der Waals surface area contributed by atoms with Crippen molar-refractivity contribution in [3.8, 4) is 5.75 Å². The molecule has 1 aromatic rings. The number of rotatable bonds is 9. The number of hydrogen-bond donors (Lipinski definition) is 1. The highest BCUT2D eigenvalue weighted by Gasteiger charge is 2.19. The number of carbonyl (C=O) groups is 1. The number of nitrogens with zero attached hydrogens (tertiary/aromatic N) is 1. The average Bonchev–Trinajstić information content (AvgIpc) is 2.47. The fourth-order valence-corrected chi connectivity index (χ4v) is 2.09. The molecule has 4 nitrogen and oxygen atoms in total. The van der Waals surface area contributed by atoms with Crippen molar-refractivity contribution >= 4 is 5.97 Å². The van der Waals surface area contributed by atoms with Gasteiger partial charge in [-0.2, -0.15) is 0 Å². The predicted octanol–water partition coefficient (Wildman–Crippen LogP) is 3.20. The van der Waals surface area contributed by atoms with Crippen LogP contribution in [0.15, 0.2) is 24.3 Å². The Morgan fingerprint density at radius 1 is 1.29 bits per heavy atom. The van der Waals surface area contributed by atoms with Gasteiger partial charge < -0.3 is 9.84 Å². The Balaban J connectivity index is 2.49. The van der Waals surface area contributed by atoms with Crippen LogP contribution in [0.2, 0.25) is 0 Å². The summed E-state index contributed by atoms with van der Waals surface area (Å²) in [4.78, 5) is 13.2. The lowest BCUT2D eigenvalue weighted by Gasteiger charge is -2.29. The number of aryl methyl sites for hydroxylation is 1. The maximum Gasteiger partial charge on any atom is 0.307 e. The largest absolute Gasteiger partial charge is 0.492 e. The van der Waals surface area contributed by atoms with Gasteiger partial charge in [0.2, 0.25) is 0 Å². The van der Waals surface area contributed by atoms with E-state index < -0.39 is 5.97 Å². The molecular formula is C17H27NO3.